The van der Waals surface area contributed by atoms with E-state index in [1.807, 2.05) is 12.1 Å². The summed E-state index contributed by atoms with van der Waals surface area (Å²) in [7, 11) is 0. The topological polar surface area (TPSA) is 35.2 Å². The number of ether oxygens (including phenoxy) is 1. The van der Waals surface area contributed by atoms with E-state index in [4.69, 9.17) is 10.5 Å². The molecule has 3 heteroatoms. The second-order valence-electron chi connectivity index (χ2n) is 5.12. The fraction of sp³-hybridized carbons (Fsp3) is 0.600. The third kappa shape index (κ3) is 3.27. The standard InChI is InChI=1S/C15H22BrNO/c1-2-11-6-3-4-9-14(11)18-10-12-7-5-8-13(17)15(12)16/h5,7-8,11,14H,2-4,6,9-10,17H2,1H3. The lowest BCUT2D eigenvalue weighted by atomic mass is 9.85. The number of benzene rings is 1. The summed E-state index contributed by atoms with van der Waals surface area (Å²) >= 11 is 3.53. The van der Waals surface area contributed by atoms with Crippen LogP contribution in [-0.4, -0.2) is 6.10 Å². The van der Waals surface area contributed by atoms with E-state index in [1.165, 1.54) is 32.1 Å². The maximum absolute atomic E-state index is 6.12. The van der Waals surface area contributed by atoms with E-state index in [0.717, 1.165) is 21.6 Å². The summed E-state index contributed by atoms with van der Waals surface area (Å²) < 4.78 is 7.10. The minimum Gasteiger partial charge on any atom is -0.398 e. The summed E-state index contributed by atoms with van der Waals surface area (Å²) in [5, 5.41) is 0. The van der Waals surface area contributed by atoms with Crippen LogP contribution in [0.2, 0.25) is 0 Å². The quantitative estimate of drug-likeness (QED) is 0.830. The van der Waals surface area contributed by atoms with Crippen molar-refractivity contribution in [2.45, 2.75) is 51.7 Å². The van der Waals surface area contributed by atoms with Gasteiger partial charge in [-0.15, -0.1) is 0 Å². The average molecular weight is 312 g/mol. The molecule has 1 fully saturated rings. The number of nitrogen functional groups attached to an aromatic ring is 1. The van der Waals surface area contributed by atoms with Crippen LogP contribution in [0.25, 0.3) is 0 Å². The van der Waals surface area contributed by atoms with Gasteiger partial charge in [0.2, 0.25) is 0 Å². The maximum Gasteiger partial charge on any atom is 0.0732 e. The summed E-state index contributed by atoms with van der Waals surface area (Å²) in [5.74, 6) is 0.735. The third-order valence-electron chi connectivity index (χ3n) is 3.93. The Morgan fingerprint density at radius 2 is 2.11 bits per heavy atom. The smallest absolute Gasteiger partial charge is 0.0732 e. The van der Waals surface area contributed by atoms with Crippen LogP contribution in [-0.2, 0) is 11.3 Å². The Kier molecular flexibility index (Phi) is 5.07. The van der Waals surface area contributed by atoms with Gasteiger partial charge in [-0.2, -0.15) is 0 Å². The van der Waals surface area contributed by atoms with Crippen LogP contribution in [0.15, 0.2) is 22.7 Å². The number of nitrogens with two attached hydrogens (primary N) is 1. The molecule has 0 saturated heterocycles. The second kappa shape index (κ2) is 6.58. The van der Waals surface area contributed by atoms with Gasteiger partial charge < -0.3 is 10.5 Å². The SMILES string of the molecule is CCC1CCCCC1OCc1cccc(N)c1Br. The number of halogens is 1. The minimum absolute atomic E-state index is 0.428. The van der Waals surface area contributed by atoms with E-state index in [1.54, 1.807) is 0 Å². The molecule has 0 radical (unpaired) electrons. The molecule has 2 unspecified atom stereocenters. The molecular weight excluding hydrogens is 290 g/mol. The Morgan fingerprint density at radius 1 is 1.33 bits per heavy atom. The van der Waals surface area contributed by atoms with E-state index in [-0.39, 0.29) is 0 Å². The summed E-state index contributed by atoms with van der Waals surface area (Å²) in [4.78, 5) is 0. The highest BCUT2D eigenvalue weighted by Crippen LogP contribution is 2.31. The first-order valence-corrected chi connectivity index (χ1v) is 7.66. The normalized spacial score (nSPS) is 24.1. The van der Waals surface area contributed by atoms with Crippen molar-refractivity contribution in [3.63, 3.8) is 0 Å². The molecule has 0 heterocycles. The predicted octanol–water partition coefficient (Wildman–Crippen LogP) is 4.52. The first kappa shape index (κ1) is 13.9. The summed E-state index contributed by atoms with van der Waals surface area (Å²) in [6.07, 6.45) is 6.84. The van der Waals surface area contributed by atoms with E-state index >= 15 is 0 Å². The molecule has 0 aliphatic heterocycles. The number of hydrogen-bond acceptors (Lipinski definition) is 2. The van der Waals surface area contributed by atoms with E-state index < -0.39 is 0 Å². The highest BCUT2D eigenvalue weighted by atomic mass is 79.9. The first-order chi connectivity index (χ1) is 8.72. The Bertz CT molecular complexity index is 394. The van der Waals surface area contributed by atoms with Crippen LogP contribution < -0.4 is 5.73 Å². The number of rotatable bonds is 4. The molecule has 1 aromatic carbocycles. The number of anilines is 1. The van der Waals surface area contributed by atoms with Crippen LogP contribution in [0.3, 0.4) is 0 Å². The van der Waals surface area contributed by atoms with Gasteiger partial charge in [-0.25, -0.2) is 0 Å². The van der Waals surface area contributed by atoms with E-state index in [0.29, 0.717) is 12.7 Å². The lowest BCUT2D eigenvalue weighted by molar-refractivity contribution is -0.0223. The zero-order chi connectivity index (χ0) is 13.0. The fourth-order valence-electron chi connectivity index (χ4n) is 2.77. The zero-order valence-corrected chi connectivity index (χ0v) is 12.6. The molecule has 1 aliphatic rings. The molecule has 1 aromatic rings. The van der Waals surface area contributed by atoms with Crippen molar-refractivity contribution in [3.8, 4) is 0 Å². The average Bonchev–Trinajstić information content (AvgIpc) is 2.41. The van der Waals surface area contributed by atoms with Gasteiger partial charge in [-0.05, 0) is 46.3 Å². The molecule has 0 spiro atoms. The van der Waals surface area contributed by atoms with Crippen molar-refractivity contribution in [1.82, 2.24) is 0 Å². The molecule has 100 valence electrons. The highest BCUT2D eigenvalue weighted by Gasteiger charge is 2.24. The van der Waals surface area contributed by atoms with Gasteiger partial charge in [-0.3, -0.25) is 0 Å². The van der Waals surface area contributed by atoms with Crippen LogP contribution in [0, 0.1) is 5.92 Å². The Labute approximate surface area is 118 Å². The van der Waals surface area contributed by atoms with Crippen molar-refractivity contribution in [2.24, 2.45) is 5.92 Å². The minimum atomic E-state index is 0.428. The molecule has 1 aliphatic carbocycles. The molecule has 1 saturated carbocycles. The van der Waals surface area contributed by atoms with Gasteiger partial charge >= 0.3 is 0 Å². The summed E-state index contributed by atoms with van der Waals surface area (Å²) in [6, 6.07) is 5.96. The molecule has 0 aromatic heterocycles. The molecular formula is C15H22BrNO. The summed E-state index contributed by atoms with van der Waals surface area (Å²) in [5.41, 5.74) is 7.81. The molecule has 2 rings (SSSR count). The Hall–Kier alpha value is -0.540. The molecule has 2 atom stereocenters. The largest absolute Gasteiger partial charge is 0.398 e. The lowest BCUT2D eigenvalue weighted by Crippen LogP contribution is -2.27. The molecule has 0 amide bonds. The first-order valence-electron chi connectivity index (χ1n) is 6.86. The monoisotopic (exact) mass is 311 g/mol. The van der Waals surface area contributed by atoms with Crippen molar-refractivity contribution >= 4 is 21.6 Å². The van der Waals surface area contributed by atoms with Crippen LogP contribution in [0.1, 0.15) is 44.6 Å². The van der Waals surface area contributed by atoms with E-state index in [9.17, 15) is 0 Å². The predicted molar refractivity (Wildman–Crippen MR) is 79.4 cm³/mol. The van der Waals surface area contributed by atoms with Gasteiger partial charge in [0.25, 0.3) is 0 Å². The molecule has 2 nitrogen and oxygen atoms in total. The molecule has 18 heavy (non-hydrogen) atoms. The van der Waals surface area contributed by atoms with Crippen LogP contribution in [0.5, 0.6) is 0 Å². The zero-order valence-electron chi connectivity index (χ0n) is 11.0. The fourth-order valence-corrected chi connectivity index (χ4v) is 3.15. The Balaban J connectivity index is 1.96. The molecule has 0 bridgehead atoms. The van der Waals surface area contributed by atoms with Gasteiger partial charge in [0.15, 0.2) is 0 Å². The van der Waals surface area contributed by atoms with Crippen molar-refractivity contribution in [1.29, 1.82) is 0 Å². The third-order valence-corrected chi connectivity index (χ3v) is 4.89. The number of hydrogen-bond donors (Lipinski definition) is 1. The van der Waals surface area contributed by atoms with Gasteiger partial charge in [0.05, 0.1) is 12.7 Å². The maximum atomic E-state index is 6.12. The van der Waals surface area contributed by atoms with E-state index in [2.05, 4.69) is 28.9 Å². The highest BCUT2D eigenvalue weighted by molar-refractivity contribution is 9.10. The lowest BCUT2D eigenvalue weighted by Gasteiger charge is -2.31. The van der Waals surface area contributed by atoms with Gasteiger partial charge in [-0.1, -0.05) is 38.3 Å². The molecule has 2 N–H and O–H groups in total. The van der Waals surface area contributed by atoms with Crippen molar-refractivity contribution in [3.05, 3.63) is 28.2 Å². The van der Waals surface area contributed by atoms with Crippen LogP contribution >= 0.6 is 15.9 Å². The second-order valence-corrected chi connectivity index (χ2v) is 5.92. The van der Waals surface area contributed by atoms with Crippen molar-refractivity contribution < 1.29 is 4.74 Å². The Morgan fingerprint density at radius 3 is 2.89 bits per heavy atom. The van der Waals surface area contributed by atoms with Crippen LogP contribution in [0.4, 0.5) is 5.69 Å². The van der Waals surface area contributed by atoms with Crippen molar-refractivity contribution in [2.75, 3.05) is 5.73 Å². The summed E-state index contributed by atoms with van der Waals surface area (Å²) in [6.45, 7) is 2.93. The van der Waals surface area contributed by atoms with Gasteiger partial charge in [0, 0.05) is 10.2 Å². The van der Waals surface area contributed by atoms with Gasteiger partial charge in [0.1, 0.15) is 0 Å².